The van der Waals surface area contributed by atoms with Crippen molar-refractivity contribution in [3.63, 3.8) is 0 Å². The van der Waals surface area contributed by atoms with E-state index in [9.17, 15) is 13.2 Å². The van der Waals surface area contributed by atoms with E-state index in [1.54, 1.807) is 6.92 Å². The van der Waals surface area contributed by atoms with Gasteiger partial charge in [-0.2, -0.15) is 0 Å². The number of carbonyl (C=O) groups excluding carboxylic acids is 1. The fraction of sp³-hybridized carbons (Fsp3) is 0.632. The summed E-state index contributed by atoms with van der Waals surface area (Å²) in [5.41, 5.74) is 2.52. The van der Waals surface area contributed by atoms with Gasteiger partial charge < -0.3 is 5.32 Å². The van der Waals surface area contributed by atoms with Crippen LogP contribution in [0.25, 0.3) is 0 Å². The van der Waals surface area contributed by atoms with Crippen molar-refractivity contribution in [1.29, 1.82) is 0 Å². The highest BCUT2D eigenvalue weighted by Crippen LogP contribution is 2.34. The van der Waals surface area contributed by atoms with E-state index >= 15 is 0 Å². The number of benzene rings is 1. The first-order chi connectivity index (χ1) is 11.9. The molecule has 1 amide bonds. The Balaban J connectivity index is 1.76. The van der Waals surface area contributed by atoms with Crippen LogP contribution in [-0.2, 0) is 21.2 Å². The maximum atomic E-state index is 12.5. The summed E-state index contributed by atoms with van der Waals surface area (Å²) in [7, 11) is -3.25. The average molecular weight is 365 g/mol. The lowest BCUT2D eigenvalue weighted by atomic mass is 9.92. The highest BCUT2D eigenvalue weighted by Gasteiger charge is 2.28. The minimum Gasteiger partial charge on any atom is -0.326 e. The number of hydrogen-bond acceptors (Lipinski definition) is 3. The number of sulfonamides is 1. The molecular weight excluding hydrogens is 336 g/mol. The molecule has 3 rings (SSSR count). The molecule has 1 aliphatic carbocycles. The van der Waals surface area contributed by atoms with Gasteiger partial charge in [0.25, 0.3) is 0 Å². The molecule has 1 aromatic rings. The predicted octanol–water partition coefficient (Wildman–Crippen LogP) is 3.55. The molecule has 0 saturated heterocycles. The fourth-order valence-corrected chi connectivity index (χ4v) is 5.21. The number of nitrogens with zero attached hydrogens (tertiary/aromatic N) is 1. The van der Waals surface area contributed by atoms with Crippen molar-refractivity contribution in [2.45, 2.75) is 52.4 Å². The molecule has 1 aliphatic heterocycles. The molecule has 1 N–H and O–H groups in total. The molecule has 1 fully saturated rings. The second kappa shape index (κ2) is 7.36. The minimum absolute atomic E-state index is 0.0236. The summed E-state index contributed by atoms with van der Waals surface area (Å²) in [6, 6.07) is 5.59. The van der Waals surface area contributed by atoms with Gasteiger partial charge in [0.15, 0.2) is 0 Å². The first-order valence-corrected chi connectivity index (χ1v) is 11.0. The molecular formula is C19H28N2O3S. The zero-order valence-electron chi connectivity index (χ0n) is 15.1. The molecule has 0 spiro atoms. The number of amides is 1. The Morgan fingerprint density at radius 3 is 2.68 bits per heavy atom. The fourth-order valence-electron chi connectivity index (χ4n) is 4.01. The standard InChI is InChI=1S/C19H28N2O3S/c1-3-25(23,24)21-12-6-9-16-13-17(10-11-18(16)21)20-19(22)14(2)15-7-4-5-8-15/h10-11,13-15H,3-9,12H2,1-2H3,(H,20,22). The van der Waals surface area contributed by atoms with Crippen LogP contribution in [0.15, 0.2) is 18.2 Å². The molecule has 138 valence electrons. The number of rotatable bonds is 5. The van der Waals surface area contributed by atoms with Crippen molar-refractivity contribution in [3.05, 3.63) is 23.8 Å². The Morgan fingerprint density at radius 2 is 2.00 bits per heavy atom. The summed E-state index contributed by atoms with van der Waals surface area (Å²) in [4.78, 5) is 12.5. The topological polar surface area (TPSA) is 66.5 Å². The predicted molar refractivity (Wildman–Crippen MR) is 101 cm³/mol. The van der Waals surface area contributed by atoms with Crippen LogP contribution in [0, 0.1) is 11.8 Å². The summed E-state index contributed by atoms with van der Waals surface area (Å²) in [6.07, 6.45) is 6.38. The molecule has 1 heterocycles. The number of anilines is 2. The zero-order chi connectivity index (χ0) is 18.0. The molecule has 6 heteroatoms. The quantitative estimate of drug-likeness (QED) is 0.869. The van der Waals surface area contributed by atoms with Crippen LogP contribution in [0.2, 0.25) is 0 Å². The van der Waals surface area contributed by atoms with Gasteiger partial charge in [0.2, 0.25) is 15.9 Å². The Hall–Kier alpha value is -1.56. The molecule has 1 aromatic carbocycles. The summed E-state index contributed by atoms with van der Waals surface area (Å²) in [5, 5.41) is 3.03. The number of hydrogen-bond donors (Lipinski definition) is 1. The second-order valence-corrected chi connectivity index (χ2v) is 9.42. The first-order valence-electron chi connectivity index (χ1n) is 9.36. The van der Waals surface area contributed by atoms with Gasteiger partial charge in [-0.15, -0.1) is 0 Å². The third-order valence-corrected chi connectivity index (χ3v) is 7.42. The average Bonchev–Trinajstić information content (AvgIpc) is 3.14. The van der Waals surface area contributed by atoms with Crippen LogP contribution in [-0.4, -0.2) is 26.6 Å². The maximum absolute atomic E-state index is 12.5. The van der Waals surface area contributed by atoms with Gasteiger partial charge in [-0.25, -0.2) is 8.42 Å². The smallest absolute Gasteiger partial charge is 0.234 e. The van der Waals surface area contributed by atoms with E-state index in [1.165, 1.54) is 17.1 Å². The molecule has 25 heavy (non-hydrogen) atoms. The highest BCUT2D eigenvalue weighted by molar-refractivity contribution is 7.92. The number of aryl methyl sites for hydroxylation is 1. The lowest BCUT2D eigenvalue weighted by molar-refractivity contribution is -0.120. The Labute approximate surface area is 150 Å². The summed E-state index contributed by atoms with van der Waals surface area (Å²) < 4.78 is 26.1. The van der Waals surface area contributed by atoms with E-state index in [-0.39, 0.29) is 17.6 Å². The lowest BCUT2D eigenvalue weighted by Crippen LogP contribution is -2.36. The van der Waals surface area contributed by atoms with E-state index in [0.29, 0.717) is 12.5 Å². The maximum Gasteiger partial charge on any atom is 0.234 e. The number of carbonyl (C=O) groups is 1. The van der Waals surface area contributed by atoms with Gasteiger partial charge in [0, 0.05) is 18.2 Å². The van der Waals surface area contributed by atoms with E-state index < -0.39 is 10.0 Å². The van der Waals surface area contributed by atoms with Gasteiger partial charge in [-0.05, 0) is 62.3 Å². The van der Waals surface area contributed by atoms with E-state index in [4.69, 9.17) is 0 Å². The van der Waals surface area contributed by atoms with Crippen LogP contribution in [0.5, 0.6) is 0 Å². The van der Waals surface area contributed by atoms with Gasteiger partial charge in [0.05, 0.1) is 11.4 Å². The van der Waals surface area contributed by atoms with Gasteiger partial charge in [-0.1, -0.05) is 19.8 Å². The van der Waals surface area contributed by atoms with Gasteiger partial charge in [0.1, 0.15) is 0 Å². The molecule has 0 radical (unpaired) electrons. The number of fused-ring (bicyclic) bond motifs is 1. The molecule has 0 aromatic heterocycles. The SMILES string of the molecule is CCS(=O)(=O)N1CCCc2cc(NC(=O)C(C)C3CCCC3)ccc21. The van der Waals surface area contributed by atoms with Crippen molar-refractivity contribution in [2.24, 2.45) is 11.8 Å². The highest BCUT2D eigenvalue weighted by atomic mass is 32.2. The van der Waals surface area contributed by atoms with Crippen molar-refractivity contribution in [2.75, 3.05) is 21.9 Å². The third kappa shape index (κ3) is 3.84. The van der Waals surface area contributed by atoms with Crippen LogP contribution in [0.1, 0.15) is 51.5 Å². The number of nitrogens with one attached hydrogen (secondary N) is 1. The normalized spacial score (nSPS) is 19.5. The minimum atomic E-state index is -3.25. The van der Waals surface area contributed by atoms with Crippen molar-refractivity contribution < 1.29 is 13.2 Å². The molecule has 1 atom stereocenters. The second-order valence-electron chi connectivity index (χ2n) is 7.24. The van der Waals surface area contributed by atoms with Crippen molar-refractivity contribution in [1.82, 2.24) is 0 Å². The van der Waals surface area contributed by atoms with Crippen molar-refractivity contribution >= 4 is 27.3 Å². The van der Waals surface area contributed by atoms with Crippen LogP contribution in [0.4, 0.5) is 11.4 Å². The summed E-state index contributed by atoms with van der Waals surface area (Å²) >= 11 is 0. The van der Waals surface area contributed by atoms with Crippen LogP contribution < -0.4 is 9.62 Å². The molecule has 2 aliphatic rings. The lowest BCUT2D eigenvalue weighted by Gasteiger charge is -2.30. The van der Waals surface area contributed by atoms with E-state index in [2.05, 4.69) is 5.32 Å². The van der Waals surface area contributed by atoms with E-state index in [0.717, 1.165) is 42.6 Å². The van der Waals surface area contributed by atoms with Crippen LogP contribution in [0.3, 0.4) is 0 Å². The molecule has 1 unspecified atom stereocenters. The Kier molecular flexibility index (Phi) is 5.37. The van der Waals surface area contributed by atoms with Gasteiger partial charge in [-0.3, -0.25) is 9.10 Å². The van der Waals surface area contributed by atoms with E-state index in [1.807, 2.05) is 25.1 Å². The van der Waals surface area contributed by atoms with Gasteiger partial charge >= 0.3 is 0 Å². The summed E-state index contributed by atoms with van der Waals surface area (Å²) in [6.45, 7) is 4.22. The largest absolute Gasteiger partial charge is 0.326 e. The molecule has 1 saturated carbocycles. The molecule has 5 nitrogen and oxygen atoms in total. The Morgan fingerprint density at radius 1 is 1.28 bits per heavy atom. The van der Waals surface area contributed by atoms with Crippen LogP contribution >= 0.6 is 0 Å². The third-order valence-electron chi connectivity index (χ3n) is 5.64. The molecule has 0 bridgehead atoms. The Bertz CT molecular complexity index is 739. The monoisotopic (exact) mass is 364 g/mol. The van der Waals surface area contributed by atoms with Crippen molar-refractivity contribution in [3.8, 4) is 0 Å². The summed E-state index contributed by atoms with van der Waals surface area (Å²) in [5.74, 6) is 0.683. The first kappa shape index (κ1) is 18.2. The zero-order valence-corrected chi connectivity index (χ0v) is 15.9.